The zero-order valence-electron chi connectivity index (χ0n) is 11.8. The number of hydrogen-bond acceptors (Lipinski definition) is 3. The molecule has 4 heteroatoms. The number of nitriles is 1. The second-order valence-corrected chi connectivity index (χ2v) is 5.42. The maximum absolute atomic E-state index is 12.1. The molecule has 1 aromatic rings. The molecule has 4 nitrogen and oxygen atoms in total. The minimum absolute atomic E-state index is 0.0337. The van der Waals surface area contributed by atoms with E-state index in [0.717, 1.165) is 37.3 Å². The summed E-state index contributed by atoms with van der Waals surface area (Å²) >= 11 is 0. The van der Waals surface area contributed by atoms with Crippen molar-refractivity contribution in [2.45, 2.75) is 32.6 Å². The SMILES string of the molecule is CC1CCC(C(=O)Nc2ccc(OCC#N)cc2)CC1. The molecule has 0 atom stereocenters. The van der Waals surface area contributed by atoms with Crippen LogP contribution in [0.2, 0.25) is 0 Å². The molecule has 1 aliphatic carbocycles. The van der Waals surface area contributed by atoms with Crippen molar-refractivity contribution in [1.82, 2.24) is 0 Å². The third kappa shape index (κ3) is 3.99. The number of ether oxygens (including phenoxy) is 1. The Morgan fingerprint density at radius 3 is 2.55 bits per heavy atom. The number of anilines is 1. The van der Waals surface area contributed by atoms with Crippen LogP contribution in [0, 0.1) is 23.2 Å². The molecular formula is C16H20N2O2. The monoisotopic (exact) mass is 272 g/mol. The second-order valence-electron chi connectivity index (χ2n) is 5.42. The summed E-state index contributed by atoms with van der Waals surface area (Å²) in [6, 6.07) is 9.04. The summed E-state index contributed by atoms with van der Waals surface area (Å²) in [6.45, 7) is 2.28. The molecular weight excluding hydrogens is 252 g/mol. The van der Waals surface area contributed by atoms with Gasteiger partial charge < -0.3 is 10.1 Å². The molecule has 0 spiro atoms. The summed E-state index contributed by atoms with van der Waals surface area (Å²) in [4.78, 5) is 12.1. The number of nitrogens with zero attached hydrogens (tertiary/aromatic N) is 1. The first-order valence-electron chi connectivity index (χ1n) is 7.09. The van der Waals surface area contributed by atoms with E-state index >= 15 is 0 Å². The number of nitrogens with one attached hydrogen (secondary N) is 1. The average Bonchev–Trinajstić information content (AvgIpc) is 2.47. The Balaban J connectivity index is 1.86. The summed E-state index contributed by atoms with van der Waals surface area (Å²) < 4.78 is 5.17. The quantitative estimate of drug-likeness (QED) is 0.914. The van der Waals surface area contributed by atoms with Gasteiger partial charge >= 0.3 is 0 Å². The fourth-order valence-corrected chi connectivity index (χ4v) is 2.52. The van der Waals surface area contributed by atoms with Crippen LogP contribution in [-0.4, -0.2) is 12.5 Å². The van der Waals surface area contributed by atoms with Crippen molar-refractivity contribution >= 4 is 11.6 Å². The first kappa shape index (κ1) is 14.4. The van der Waals surface area contributed by atoms with E-state index in [4.69, 9.17) is 10.00 Å². The van der Waals surface area contributed by atoms with E-state index in [-0.39, 0.29) is 18.4 Å². The van der Waals surface area contributed by atoms with Gasteiger partial charge in [-0.2, -0.15) is 5.26 Å². The van der Waals surface area contributed by atoms with Crippen molar-refractivity contribution in [2.75, 3.05) is 11.9 Å². The molecule has 1 saturated carbocycles. The largest absolute Gasteiger partial charge is 0.479 e. The van der Waals surface area contributed by atoms with Crippen LogP contribution in [0.25, 0.3) is 0 Å². The number of rotatable bonds is 4. The van der Waals surface area contributed by atoms with Gasteiger partial charge in [0.1, 0.15) is 11.8 Å². The van der Waals surface area contributed by atoms with Crippen LogP contribution in [0.15, 0.2) is 24.3 Å². The summed E-state index contributed by atoms with van der Waals surface area (Å²) in [5.74, 6) is 1.63. The van der Waals surface area contributed by atoms with Gasteiger partial charge in [-0.1, -0.05) is 6.92 Å². The molecule has 1 amide bonds. The maximum Gasteiger partial charge on any atom is 0.227 e. The predicted molar refractivity (Wildman–Crippen MR) is 77.3 cm³/mol. The van der Waals surface area contributed by atoms with Gasteiger partial charge in [0.25, 0.3) is 0 Å². The molecule has 1 N–H and O–H groups in total. The van der Waals surface area contributed by atoms with Crippen LogP contribution >= 0.6 is 0 Å². The van der Waals surface area contributed by atoms with E-state index in [1.54, 1.807) is 24.3 Å². The number of hydrogen-bond donors (Lipinski definition) is 1. The summed E-state index contributed by atoms with van der Waals surface area (Å²) in [5.41, 5.74) is 0.776. The smallest absolute Gasteiger partial charge is 0.227 e. The molecule has 0 radical (unpaired) electrons. The Hall–Kier alpha value is -2.02. The normalized spacial score (nSPS) is 21.8. The number of amides is 1. The van der Waals surface area contributed by atoms with Gasteiger partial charge in [-0.3, -0.25) is 4.79 Å². The van der Waals surface area contributed by atoms with Crippen molar-refractivity contribution in [3.63, 3.8) is 0 Å². The highest BCUT2D eigenvalue weighted by Crippen LogP contribution is 2.29. The predicted octanol–water partition coefficient (Wildman–Crippen LogP) is 3.35. The number of carbonyl (C=O) groups is 1. The lowest BCUT2D eigenvalue weighted by atomic mass is 9.82. The minimum Gasteiger partial charge on any atom is -0.479 e. The minimum atomic E-state index is 0.0337. The van der Waals surface area contributed by atoms with E-state index in [2.05, 4.69) is 12.2 Å². The lowest BCUT2D eigenvalue weighted by Gasteiger charge is -2.25. The second kappa shape index (κ2) is 6.95. The van der Waals surface area contributed by atoms with E-state index in [9.17, 15) is 4.79 Å². The molecule has 0 aromatic heterocycles. The first-order valence-corrected chi connectivity index (χ1v) is 7.09. The molecule has 0 bridgehead atoms. The van der Waals surface area contributed by atoms with Crippen molar-refractivity contribution in [1.29, 1.82) is 5.26 Å². The van der Waals surface area contributed by atoms with E-state index in [1.165, 1.54) is 0 Å². The average molecular weight is 272 g/mol. The summed E-state index contributed by atoms with van der Waals surface area (Å²) in [6.07, 6.45) is 4.24. The lowest BCUT2D eigenvalue weighted by Crippen LogP contribution is -2.26. The molecule has 0 unspecified atom stereocenters. The maximum atomic E-state index is 12.1. The van der Waals surface area contributed by atoms with E-state index in [1.807, 2.05) is 6.07 Å². The van der Waals surface area contributed by atoms with Crippen LogP contribution < -0.4 is 10.1 Å². The Morgan fingerprint density at radius 2 is 1.95 bits per heavy atom. The fourth-order valence-electron chi connectivity index (χ4n) is 2.52. The molecule has 20 heavy (non-hydrogen) atoms. The summed E-state index contributed by atoms with van der Waals surface area (Å²) in [7, 11) is 0. The lowest BCUT2D eigenvalue weighted by molar-refractivity contribution is -0.121. The number of benzene rings is 1. The highest BCUT2D eigenvalue weighted by atomic mass is 16.5. The van der Waals surface area contributed by atoms with Gasteiger partial charge in [-0.25, -0.2) is 0 Å². The van der Waals surface area contributed by atoms with Crippen LogP contribution in [0.1, 0.15) is 32.6 Å². The molecule has 106 valence electrons. The third-order valence-corrected chi connectivity index (χ3v) is 3.81. The van der Waals surface area contributed by atoms with Crippen LogP contribution in [0.5, 0.6) is 5.75 Å². The molecule has 0 aliphatic heterocycles. The van der Waals surface area contributed by atoms with Gasteiger partial charge in [0.15, 0.2) is 6.61 Å². The molecule has 0 saturated heterocycles. The fraction of sp³-hybridized carbons (Fsp3) is 0.500. The Labute approximate surface area is 119 Å². The highest BCUT2D eigenvalue weighted by molar-refractivity contribution is 5.92. The molecule has 1 aliphatic rings. The Bertz CT molecular complexity index is 482. The van der Waals surface area contributed by atoms with Crippen LogP contribution in [0.4, 0.5) is 5.69 Å². The topological polar surface area (TPSA) is 62.1 Å². The van der Waals surface area contributed by atoms with Gasteiger partial charge in [0.05, 0.1) is 0 Å². The van der Waals surface area contributed by atoms with Crippen LogP contribution in [-0.2, 0) is 4.79 Å². The standard InChI is InChI=1S/C16H20N2O2/c1-12-2-4-13(5-3-12)16(19)18-14-6-8-15(9-7-14)20-11-10-17/h6-9,12-13H,2-5,11H2,1H3,(H,18,19). The van der Waals surface area contributed by atoms with Gasteiger partial charge in [0.2, 0.25) is 5.91 Å². The Morgan fingerprint density at radius 1 is 1.30 bits per heavy atom. The van der Waals surface area contributed by atoms with Gasteiger partial charge in [0, 0.05) is 11.6 Å². The zero-order valence-corrected chi connectivity index (χ0v) is 11.8. The van der Waals surface area contributed by atoms with Crippen molar-refractivity contribution in [3.8, 4) is 11.8 Å². The van der Waals surface area contributed by atoms with E-state index in [0.29, 0.717) is 5.75 Å². The Kier molecular flexibility index (Phi) is 5.00. The first-order chi connectivity index (χ1) is 9.69. The number of carbonyl (C=O) groups excluding carboxylic acids is 1. The van der Waals surface area contributed by atoms with Gasteiger partial charge in [-0.15, -0.1) is 0 Å². The van der Waals surface area contributed by atoms with Crippen molar-refractivity contribution in [3.05, 3.63) is 24.3 Å². The molecule has 0 heterocycles. The molecule has 2 rings (SSSR count). The van der Waals surface area contributed by atoms with Gasteiger partial charge in [-0.05, 0) is 55.9 Å². The van der Waals surface area contributed by atoms with Crippen molar-refractivity contribution in [2.24, 2.45) is 11.8 Å². The molecule has 1 fully saturated rings. The highest BCUT2D eigenvalue weighted by Gasteiger charge is 2.24. The summed E-state index contributed by atoms with van der Waals surface area (Å²) in [5, 5.41) is 11.4. The third-order valence-electron chi connectivity index (χ3n) is 3.81. The zero-order chi connectivity index (χ0) is 14.4. The van der Waals surface area contributed by atoms with Crippen LogP contribution in [0.3, 0.4) is 0 Å². The van der Waals surface area contributed by atoms with Crippen molar-refractivity contribution < 1.29 is 9.53 Å². The van der Waals surface area contributed by atoms with E-state index < -0.39 is 0 Å². The molecule has 1 aromatic carbocycles.